The SMILES string of the molecule is CCCNC(C)CCS(=O)(=O)Cc1cc(C)cc(C)c1. The van der Waals surface area contributed by atoms with E-state index in [0.29, 0.717) is 6.42 Å². The fraction of sp³-hybridized carbons (Fsp3) is 0.625. The van der Waals surface area contributed by atoms with E-state index < -0.39 is 9.84 Å². The van der Waals surface area contributed by atoms with Crippen LogP contribution in [-0.4, -0.2) is 26.8 Å². The number of benzene rings is 1. The second-order valence-electron chi connectivity index (χ2n) is 5.73. The predicted molar refractivity (Wildman–Crippen MR) is 85.8 cm³/mol. The standard InChI is InChI=1S/C16H27NO2S/c1-5-7-17-15(4)6-8-20(18,19)12-16-10-13(2)9-14(3)11-16/h9-11,15,17H,5-8,12H2,1-4H3. The van der Waals surface area contributed by atoms with Crippen LogP contribution < -0.4 is 5.32 Å². The zero-order valence-electron chi connectivity index (χ0n) is 13.1. The van der Waals surface area contributed by atoms with Crippen molar-refractivity contribution in [3.05, 3.63) is 34.9 Å². The summed E-state index contributed by atoms with van der Waals surface area (Å²) in [6.45, 7) is 9.09. The highest BCUT2D eigenvalue weighted by atomic mass is 32.2. The molecule has 20 heavy (non-hydrogen) atoms. The van der Waals surface area contributed by atoms with Gasteiger partial charge in [0.15, 0.2) is 9.84 Å². The molecule has 0 aromatic heterocycles. The Labute approximate surface area is 123 Å². The number of hydrogen-bond acceptors (Lipinski definition) is 3. The summed E-state index contributed by atoms with van der Waals surface area (Å²) in [4.78, 5) is 0. The van der Waals surface area contributed by atoms with E-state index in [1.807, 2.05) is 32.9 Å². The monoisotopic (exact) mass is 297 g/mol. The average Bonchev–Trinajstić information content (AvgIpc) is 2.32. The Morgan fingerprint density at radius 2 is 1.75 bits per heavy atom. The summed E-state index contributed by atoms with van der Waals surface area (Å²) in [6.07, 6.45) is 1.74. The minimum atomic E-state index is -3.03. The zero-order valence-corrected chi connectivity index (χ0v) is 13.9. The van der Waals surface area contributed by atoms with Crippen LogP contribution in [0.15, 0.2) is 18.2 Å². The highest BCUT2D eigenvalue weighted by Crippen LogP contribution is 2.13. The van der Waals surface area contributed by atoms with Gasteiger partial charge in [-0.1, -0.05) is 36.2 Å². The third kappa shape index (κ3) is 6.53. The molecule has 0 aliphatic carbocycles. The smallest absolute Gasteiger partial charge is 0.154 e. The van der Waals surface area contributed by atoms with Crippen LogP contribution >= 0.6 is 0 Å². The Kier molecular flexibility index (Phi) is 6.69. The van der Waals surface area contributed by atoms with E-state index in [0.717, 1.165) is 29.7 Å². The fourth-order valence-corrected chi connectivity index (χ4v) is 3.86. The lowest BCUT2D eigenvalue weighted by Gasteiger charge is -2.13. The van der Waals surface area contributed by atoms with Crippen LogP contribution in [0.4, 0.5) is 0 Å². The van der Waals surface area contributed by atoms with Gasteiger partial charge in [0, 0.05) is 6.04 Å². The molecule has 0 fully saturated rings. The lowest BCUT2D eigenvalue weighted by molar-refractivity contribution is 0.525. The molecule has 0 bridgehead atoms. The Hall–Kier alpha value is -0.870. The molecule has 0 radical (unpaired) electrons. The van der Waals surface area contributed by atoms with Gasteiger partial charge in [-0.05, 0) is 45.7 Å². The van der Waals surface area contributed by atoms with Crippen LogP contribution in [0.5, 0.6) is 0 Å². The van der Waals surface area contributed by atoms with Gasteiger partial charge in [0.1, 0.15) is 0 Å². The van der Waals surface area contributed by atoms with Gasteiger partial charge in [-0.3, -0.25) is 0 Å². The molecule has 114 valence electrons. The number of rotatable bonds is 8. The summed E-state index contributed by atoms with van der Waals surface area (Å²) in [5, 5.41) is 3.32. The van der Waals surface area contributed by atoms with Gasteiger partial charge in [-0.2, -0.15) is 0 Å². The minimum absolute atomic E-state index is 0.149. The summed E-state index contributed by atoms with van der Waals surface area (Å²) in [7, 11) is -3.03. The molecule has 0 aliphatic rings. The topological polar surface area (TPSA) is 46.2 Å². The molecular weight excluding hydrogens is 270 g/mol. The van der Waals surface area contributed by atoms with Gasteiger partial charge in [-0.15, -0.1) is 0 Å². The van der Waals surface area contributed by atoms with Crippen molar-refractivity contribution >= 4 is 9.84 Å². The van der Waals surface area contributed by atoms with Crippen LogP contribution in [0, 0.1) is 13.8 Å². The van der Waals surface area contributed by atoms with Crippen LogP contribution in [0.1, 0.15) is 43.4 Å². The molecule has 0 saturated heterocycles. The van der Waals surface area contributed by atoms with E-state index in [1.54, 1.807) is 0 Å². The Bertz CT molecular complexity index is 503. The molecule has 4 heteroatoms. The van der Waals surface area contributed by atoms with Crippen molar-refractivity contribution in [1.82, 2.24) is 5.32 Å². The quantitative estimate of drug-likeness (QED) is 0.802. The second kappa shape index (κ2) is 7.79. The minimum Gasteiger partial charge on any atom is -0.314 e. The lowest BCUT2D eigenvalue weighted by atomic mass is 10.1. The lowest BCUT2D eigenvalue weighted by Crippen LogP contribution is -2.29. The van der Waals surface area contributed by atoms with Crippen molar-refractivity contribution in [3.63, 3.8) is 0 Å². The second-order valence-corrected chi connectivity index (χ2v) is 7.92. The van der Waals surface area contributed by atoms with Gasteiger partial charge < -0.3 is 5.32 Å². The molecule has 0 saturated carbocycles. The Morgan fingerprint density at radius 3 is 2.30 bits per heavy atom. The van der Waals surface area contributed by atoms with Crippen molar-refractivity contribution in [2.45, 2.75) is 52.3 Å². The van der Waals surface area contributed by atoms with E-state index in [4.69, 9.17) is 0 Å². The average molecular weight is 297 g/mol. The highest BCUT2D eigenvalue weighted by molar-refractivity contribution is 7.90. The first-order valence-electron chi connectivity index (χ1n) is 7.33. The first-order valence-corrected chi connectivity index (χ1v) is 9.15. The van der Waals surface area contributed by atoms with E-state index in [9.17, 15) is 8.42 Å². The molecule has 0 aliphatic heterocycles. The molecule has 0 spiro atoms. The summed E-state index contributed by atoms with van der Waals surface area (Å²) in [5.41, 5.74) is 3.14. The predicted octanol–water partition coefficient (Wildman–Crippen LogP) is 3.00. The van der Waals surface area contributed by atoms with E-state index in [-0.39, 0.29) is 17.5 Å². The van der Waals surface area contributed by atoms with Gasteiger partial charge in [0.2, 0.25) is 0 Å². The first-order chi connectivity index (χ1) is 9.32. The van der Waals surface area contributed by atoms with E-state index in [1.165, 1.54) is 0 Å². The molecule has 3 nitrogen and oxygen atoms in total. The van der Waals surface area contributed by atoms with Crippen molar-refractivity contribution in [1.29, 1.82) is 0 Å². The summed E-state index contributed by atoms with van der Waals surface area (Å²) >= 11 is 0. The van der Waals surface area contributed by atoms with Gasteiger partial charge in [-0.25, -0.2) is 8.42 Å². The fourth-order valence-electron chi connectivity index (χ4n) is 2.33. The zero-order chi connectivity index (χ0) is 15.2. The number of sulfone groups is 1. The Morgan fingerprint density at radius 1 is 1.15 bits per heavy atom. The van der Waals surface area contributed by atoms with Crippen molar-refractivity contribution in [2.75, 3.05) is 12.3 Å². The molecular formula is C16H27NO2S. The van der Waals surface area contributed by atoms with Crippen LogP contribution in [-0.2, 0) is 15.6 Å². The van der Waals surface area contributed by atoms with Crippen LogP contribution in [0.2, 0.25) is 0 Å². The number of hydrogen-bond donors (Lipinski definition) is 1. The first kappa shape index (κ1) is 17.2. The summed E-state index contributed by atoms with van der Waals surface area (Å²) in [5.74, 6) is 0.397. The molecule has 1 aromatic rings. The van der Waals surface area contributed by atoms with Crippen molar-refractivity contribution in [3.8, 4) is 0 Å². The maximum absolute atomic E-state index is 12.2. The molecule has 1 unspecified atom stereocenters. The highest BCUT2D eigenvalue weighted by Gasteiger charge is 2.14. The van der Waals surface area contributed by atoms with E-state index in [2.05, 4.69) is 18.3 Å². The van der Waals surface area contributed by atoms with Crippen LogP contribution in [0.3, 0.4) is 0 Å². The molecule has 1 atom stereocenters. The van der Waals surface area contributed by atoms with E-state index >= 15 is 0 Å². The molecule has 0 heterocycles. The summed E-state index contributed by atoms with van der Waals surface area (Å²) < 4.78 is 24.3. The maximum Gasteiger partial charge on any atom is 0.154 e. The summed E-state index contributed by atoms with van der Waals surface area (Å²) in [6, 6.07) is 6.24. The van der Waals surface area contributed by atoms with Crippen molar-refractivity contribution < 1.29 is 8.42 Å². The molecule has 1 N–H and O–H groups in total. The molecule has 1 rings (SSSR count). The van der Waals surface area contributed by atoms with Crippen LogP contribution in [0.25, 0.3) is 0 Å². The normalized spacial score (nSPS) is 13.4. The van der Waals surface area contributed by atoms with Gasteiger partial charge in [0.25, 0.3) is 0 Å². The van der Waals surface area contributed by atoms with Gasteiger partial charge >= 0.3 is 0 Å². The molecule has 0 amide bonds. The maximum atomic E-state index is 12.2. The Balaban J connectivity index is 2.57. The van der Waals surface area contributed by atoms with Gasteiger partial charge in [0.05, 0.1) is 11.5 Å². The molecule has 1 aromatic carbocycles. The number of nitrogens with one attached hydrogen (secondary N) is 1. The third-order valence-corrected chi connectivity index (χ3v) is 4.90. The largest absolute Gasteiger partial charge is 0.314 e. The number of aryl methyl sites for hydroxylation is 2. The third-order valence-electron chi connectivity index (χ3n) is 3.27. The van der Waals surface area contributed by atoms with Crippen molar-refractivity contribution in [2.24, 2.45) is 0 Å².